The minimum absolute atomic E-state index is 0. The Hall–Kier alpha value is -0.360. The predicted molar refractivity (Wildman–Crippen MR) is 103 cm³/mol. The summed E-state index contributed by atoms with van der Waals surface area (Å²) in [5, 5.41) is 8.56. The number of aryl methyl sites for hydroxylation is 1. The van der Waals surface area contributed by atoms with Crippen molar-refractivity contribution in [3.8, 4) is 0 Å². The monoisotopic (exact) mass is 362 g/mol. The second-order valence-corrected chi connectivity index (χ2v) is 6.37. The van der Waals surface area contributed by atoms with Gasteiger partial charge in [0.15, 0.2) is 0 Å². The van der Waals surface area contributed by atoms with E-state index >= 15 is 0 Å². The molecule has 6 heteroatoms. The van der Waals surface area contributed by atoms with Crippen molar-refractivity contribution in [2.75, 3.05) is 13.2 Å². The van der Waals surface area contributed by atoms with Crippen LogP contribution < -0.4 is 0 Å². The fourth-order valence-corrected chi connectivity index (χ4v) is 2.79. The molecule has 0 aromatic carbocycles. The number of nitrogens with zero attached hydrogens (tertiary/aromatic N) is 2. The fourth-order valence-electron chi connectivity index (χ4n) is 2.79. The third kappa shape index (κ3) is 13.5. The van der Waals surface area contributed by atoms with Crippen LogP contribution in [-0.2, 0) is 22.5 Å². The van der Waals surface area contributed by atoms with Gasteiger partial charge in [-0.1, -0.05) is 58.3 Å². The number of ether oxygens (including phenoxy) is 1. The van der Waals surface area contributed by atoms with E-state index in [4.69, 9.17) is 9.84 Å². The second-order valence-electron chi connectivity index (χ2n) is 6.37. The summed E-state index contributed by atoms with van der Waals surface area (Å²) in [6, 6.07) is 0. The number of imidazole rings is 1. The van der Waals surface area contributed by atoms with Gasteiger partial charge in [-0.2, -0.15) is 0 Å². The van der Waals surface area contributed by atoms with Crippen molar-refractivity contribution in [3.63, 3.8) is 0 Å². The van der Waals surface area contributed by atoms with Gasteiger partial charge in [0, 0.05) is 25.4 Å². The zero-order valence-corrected chi connectivity index (χ0v) is 15.2. The third-order valence-corrected chi connectivity index (χ3v) is 4.24. The maximum atomic E-state index is 10.4. The van der Waals surface area contributed by atoms with E-state index in [2.05, 4.69) is 16.5 Å². The molecule has 1 aromatic rings. The quantitative estimate of drug-likeness (QED) is 0.359. The number of carbonyl (C=O) groups is 1. The molecule has 0 atom stereocenters. The van der Waals surface area contributed by atoms with Crippen LogP contribution >= 0.6 is 0 Å². The molecule has 0 saturated carbocycles. The molecule has 0 amide bonds. The molecule has 0 aliphatic rings. The third-order valence-electron chi connectivity index (χ3n) is 4.24. The molecule has 0 aliphatic carbocycles. The average molecular weight is 362 g/mol. The summed E-state index contributed by atoms with van der Waals surface area (Å²) in [5.74, 6) is 0.295. The molecule has 140 valence electrons. The summed E-state index contributed by atoms with van der Waals surface area (Å²) >= 11 is 0. The summed E-state index contributed by atoms with van der Waals surface area (Å²) in [6.07, 6.45) is 16.9. The average Bonchev–Trinajstić information content (AvgIpc) is 3.00. The first kappa shape index (κ1) is 24.6. The molecular formula is C19H35N2NaO3. The summed E-state index contributed by atoms with van der Waals surface area (Å²) in [6.45, 7) is 3.81. The van der Waals surface area contributed by atoms with Gasteiger partial charge in [0.05, 0.1) is 19.6 Å². The van der Waals surface area contributed by atoms with Gasteiger partial charge in [0.2, 0.25) is 0 Å². The molecule has 5 nitrogen and oxygen atoms in total. The van der Waals surface area contributed by atoms with E-state index in [0.717, 1.165) is 18.8 Å². The first-order chi connectivity index (χ1) is 11.7. The molecule has 0 aliphatic heterocycles. The molecule has 0 spiro atoms. The zero-order chi connectivity index (χ0) is 17.5. The van der Waals surface area contributed by atoms with Crippen molar-refractivity contribution in [1.82, 2.24) is 9.55 Å². The fraction of sp³-hybridized carbons (Fsp3) is 0.789. The number of hydrogen-bond acceptors (Lipinski definition) is 3. The molecule has 0 bridgehead atoms. The Kier molecular flexibility index (Phi) is 16.8. The Balaban J connectivity index is 0.00000576. The SMILES string of the molecule is CCCCCCCCCCCc1nccn1CCOCCC(=O)O.[NaH]. The molecule has 0 fully saturated rings. The van der Waals surface area contributed by atoms with Gasteiger partial charge in [-0.25, -0.2) is 4.98 Å². The van der Waals surface area contributed by atoms with E-state index in [1.54, 1.807) is 0 Å². The van der Waals surface area contributed by atoms with Gasteiger partial charge in [0.25, 0.3) is 0 Å². The van der Waals surface area contributed by atoms with E-state index in [9.17, 15) is 4.79 Å². The van der Waals surface area contributed by atoms with E-state index in [-0.39, 0.29) is 42.6 Å². The zero-order valence-electron chi connectivity index (χ0n) is 15.2. The van der Waals surface area contributed by atoms with Crippen molar-refractivity contribution in [2.45, 2.75) is 84.1 Å². The van der Waals surface area contributed by atoms with Crippen molar-refractivity contribution in [2.24, 2.45) is 0 Å². The second kappa shape index (κ2) is 17.1. The van der Waals surface area contributed by atoms with E-state index in [1.165, 1.54) is 57.8 Å². The van der Waals surface area contributed by atoms with Crippen molar-refractivity contribution >= 4 is 35.5 Å². The van der Waals surface area contributed by atoms with Gasteiger partial charge < -0.3 is 14.4 Å². The molecule has 1 N–H and O–H groups in total. The van der Waals surface area contributed by atoms with Gasteiger partial charge in [-0.3, -0.25) is 4.79 Å². The van der Waals surface area contributed by atoms with E-state index in [0.29, 0.717) is 6.61 Å². The molecule has 0 radical (unpaired) electrons. The van der Waals surface area contributed by atoms with Crippen molar-refractivity contribution in [3.05, 3.63) is 18.2 Å². The first-order valence-corrected chi connectivity index (χ1v) is 9.53. The topological polar surface area (TPSA) is 64.4 Å². The Morgan fingerprint density at radius 2 is 1.72 bits per heavy atom. The molecule has 1 heterocycles. The molecule has 0 saturated heterocycles. The number of hydrogen-bond donors (Lipinski definition) is 1. The number of aliphatic carboxylic acids is 1. The van der Waals surface area contributed by atoms with Gasteiger partial charge in [0.1, 0.15) is 5.82 Å². The first-order valence-electron chi connectivity index (χ1n) is 9.53. The van der Waals surface area contributed by atoms with Crippen LogP contribution in [0.15, 0.2) is 12.4 Å². The van der Waals surface area contributed by atoms with Crippen molar-refractivity contribution in [1.29, 1.82) is 0 Å². The molecule has 1 rings (SSSR count). The number of aromatic nitrogens is 2. The number of unbranched alkanes of at least 4 members (excludes halogenated alkanes) is 8. The number of rotatable bonds is 16. The number of carboxylic acid groups (broad SMARTS) is 1. The van der Waals surface area contributed by atoms with Crippen LogP contribution in [0.1, 0.15) is 77.0 Å². The van der Waals surface area contributed by atoms with E-state index in [1.807, 2.05) is 12.4 Å². The normalized spacial score (nSPS) is 10.6. The van der Waals surface area contributed by atoms with Crippen LogP contribution in [0.5, 0.6) is 0 Å². The Labute approximate surface area is 174 Å². The summed E-state index contributed by atoms with van der Waals surface area (Å²) in [5.41, 5.74) is 0. The summed E-state index contributed by atoms with van der Waals surface area (Å²) in [7, 11) is 0. The van der Waals surface area contributed by atoms with Crippen LogP contribution in [0.3, 0.4) is 0 Å². The van der Waals surface area contributed by atoms with Crippen LogP contribution in [0, 0.1) is 0 Å². The van der Waals surface area contributed by atoms with Crippen LogP contribution in [-0.4, -0.2) is 63.4 Å². The number of carboxylic acids is 1. The van der Waals surface area contributed by atoms with Crippen LogP contribution in [0.4, 0.5) is 0 Å². The minimum atomic E-state index is -0.816. The standard InChI is InChI=1S/C19H34N2O3.Na.H/c1-2-3-4-5-6-7-8-9-10-11-18-20-13-14-21(18)15-17-24-16-12-19(22)23;;/h13-14H,2-12,15-17H2,1H3,(H,22,23);;. The Bertz CT molecular complexity index is 438. The van der Waals surface area contributed by atoms with E-state index < -0.39 is 5.97 Å². The van der Waals surface area contributed by atoms with Crippen LogP contribution in [0.25, 0.3) is 0 Å². The molecule has 1 aromatic heterocycles. The van der Waals surface area contributed by atoms with Gasteiger partial charge in [-0.15, -0.1) is 0 Å². The Morgan fingerprint density at radius 1 is 1.08 bits per heavy atom. The van der Waals surface area contributed by atoms with Gasteiger partial charge >= 0.3 is 35.5 Å². The van der Waals surface area contributed by atoms with Crippen molar-refractivity contribution < 1.29 is 14.6 Å². The molecule has 0 unspecified atom stereocenters. The predicted octanol–water partition coefficient (Wildman–Crippen LogP) is 3.80. The molecular weight excluding hydrogens is 327 g/mol. The van der Waals surface area contributed by atoms with Gasteiger partial charge in [-0.05, 0) is 6.42 Å². The maximum absolute atomic E-state index is 10.4. The summed E-state index contributed by atoms with van der Waals surface area (Å²) in [4.78, 5) is 14.8. The Morgan fingerprint density at radius 3 is 2.36 bits per heavy atom. The summed E-state index contributed by atoms with van der Waals surface area (Å²) < 4.78 is 7.46. The van der Waals surface area contributed by atoms with Crippen LogP contribution in [0.2, 0.25) is 0 Å². The molecule has 25 heavy (non-hydrogen) atoms.